The number of carbonyl (C=O) groups excluding carboxylic acids is 4. The number of hydrogen-bond donors (Lipinski definition) is 2. The van der Waals surface area contributed by atoms with E-state index in [0.29, 0.717) is 13.1 Å². The fourth-order valence-corrected chi connectivity index (χ4v) is 3.62. The fraction of sp³-hybridized carbons (Fsp3) is 0.714. The molecule has 2 rings (SSSR count). The van der Waals surface area contributed by atoms with Crippen molar-refractivity contribution < 1.29 is 43.6 Å². The highest BCUT2D eigenvalue weighted by Gasteiger charge is 2.53. The van der Waals surface area contributed by atoms with Crippen molar-refractivity contribution in [1.29, 1.82) is 0 Å². The molecular weight excluding hydrogens is 410 g/mol. The molecule has 0 aliphatic carbocycles. The van der Waals surface area contributed by atoms with Crippen molar-refractivity contribution in [2.45, 2.75) is 63.9 Å². The molecule has 10 heteroatoms. The van der Waals surface area contributed by atoms with Gasteiger partial charge in [-0.05, 0) is 27.3 Å². The average molecular weight is 441 g/mol. The molecule has 0 radical (unpaired) electrons. The molecule has 1 saturated heterocycles. The average Bonchev–Trinajstić information content (AvgIpc) is 2.67. The van der Waals surface area contributed by atoms with Gasteiger partial charge in [0, 0.05) is 37.9 Å². The van der Waals surface area contributed by atoms with E-state index in [0.717, 1.165) is 6.92 Å². The lowest BCUT2D eigenvalue weighted by Gasteiger charge is -2.39. The van der Waals surface area contributed by atoms with E-state index in [1.54, 1.807) is 6.08 Å². The highest BCUT2D eigenvalue weighted by molar-refractivity contribution is 6.01. The highest BCUT2D eigenvalue weighted by Crippen LogP contribution is 2.34. The maximum absolute atomic E-state index is 13.0. The Morgan fingerprint density at radius 2 is 1.97 bits per heavy atom. The van der Waals surface area contributed by atoms with Crippen LogP contribution in [-0.4, -0.2) is 89.0 Å². The van der Waals surface area contributed by atoms with Gasteiger partial charge in [0.25, 0.3) is 0 Å². The van der Waals surface area contributed by atoms with Crippen molar-refractivity contribution >= 4 is 23.7 Å². The first-order valence-corrected chi connectivity index (χ1v) is 10.2. The van der Waals surface area contributed by atoms with E-state index < -0.39 is 59.4 Å². The van der Waals surface area contributed by atoms with Crippen molar-refractivity contribution in [3.63, 3.8) is 0 Å². The monoisotopic (exact) mass is 441 g/mol. The predicted octanol–water partition coefficient (Wildman–Crippen LogP) is -0.254. The number of nitrogens with zero attached hydrogens (tertiary/aromatic N) is 1. The van der Waals surface area contributed by atoms with Crippen LogP contribution >= 0.6 is 0 Å². The highest BCUT2D eigenvalue weighted by atomic mass is 16.6. The van der Waals surface area contributed by atoms with Crippen LogP contribution in [-0.2, 0) is 33.4 Å². The van der Waals surface area contributed by atoms with Gasteiger partial charge in [0.05, 0.1) is 6.10 Å². The summed E-state index contributed by atoms with van der Waals surface area (Å²) in [6.07, 6.45) is -1.53. The molecule has 2 aliphatic heterocycles. The number of ketones is 1. The van der Waals surface area contributed by atoms with Gasteiger partial charge >= 0.3 is 17.9 Å². The molecule has 2 bridgehead atoms. The third kappa shape index (κ3) is 5.31. The fourth-order valence-electron chi connectivity index (χ4n) is 3.62. The molecule has 0 unspecified atom stereocenters. The number of cyclic esters (lactones) is 1. The van der Waals surface area contributed by atoms with Crippen LogP contribution < -0.4 is 0 Å². The van der Waals surface area contributed by atoms with Gasteiger partial charge < -0.3 is 29.3 Å². The Bertz CT molecular complexity index is 777. The molecular formula is C21H31NO9. The Labute approximate surface area is 181 Å². The van der Waals surface area contributed by atoms with E-state index in [4.69, 9.17) is 14.2 Å². The van der Waals surface area contributed by atoms with Crippen LogP contribution in [0.4, 0.5) is 0 Å². The van der Waals surface area contributed by atoms with Gasteiger partial charge in [-0.1, -0.05) is 13.0 Å². The van der Waals surface area contributed by atoms with Crippen LogP contribution in [0.2, 0.25) is 0 Å². The summed E-state index contributed by atoms with van der Waals surface area (Å²) in [7, 11) is 1.81. The van der Waals surface area contributed by atoms with Crippen molar-refractivity contribution in [2.24, 2.45) is 5.92 Å². The molecule has 0 aromatic heterocycles. The molecule has 0 spiro atoms. The Hall–Kier alpha value is -2.30. The first kappa shape index (κ1) is 25.0. The van der Waals surface area contributed by atoms with Crippen LogP contribution in [0.1, 0.15) is 40.5 Å². The standard InChI is InChI=1S/C21H31NO9/c1-12-10-21(28,13(2)23)19(27)30-16-7-9-22(5)8-6-15(17(16)25)11-29-18(26)20(12,4)31-14(3)24/h6,12-13,16,23,28H,7-11H2,1-5H3/t12-,13-,16-,20-,21+/m1/s1. The summed E-state index contributed by atoms with van der Waals surface area (Å²) in [6.45, 7) is 5.55. The minimum atomic E-state index is -2.45. The second-order valence-electron chi connectivity index (χ2n) is 8.52. The Kier molecular flexibility index (Phi) is 7.61. The molecule has 2 N–H and O–H groups in total. The summed E-state index contributed by atoms with van der Waals surface area (Å²) >= 11 is 0. The number of fused-ring (bicyclic) bond motifs is 2. The third-order valence-corrected chi connectivity index (χ3v) is 6.00. The van der Waals surface area contributed by atoms with Crippen molar-refractivity contribution in [3.8, 4) is 0 Å². The number of aliphatic hydroxyl groups is 2. The van der Waals surface area contributed by atoms with Gasteiger partial charge in [-0.15, -0.1) is 0 Å². The second-order valence-corrected chi connectivity index (χ2v) is 8.52. The normalized spacial score (nSPS) is 34.7. The zero-order chi connectivity index (χ0) is 23.6. The lowest BCUT2D eigenvalue weighted by atomic mass is 9.78. The Balaban J connectivity index is 2.56. The second kappa shape index (κ2) is 9.46. The molecule has 174 valence electrons. The lowest BCUT2D eigenvalue weighted by molar-refractivity contribution is -0.199. The van der Waals surface area contributed by atoms with Crippen molar-refractivity contribution in [1.82, 2.24) is 4.90 Å². The summed E-state index contributed by atoms with van der Waals surface area (Å²) in [6, 6.07) is 0. The van der Waals surface area contributed by atoms with Gasteiger partial charge in [-0.2, -0.15) is 0 Å². The van der Waals surface area contributed by atoms with E-state index in [-0.39, 0.29) is 18.6 Å². The molecule has 0 aromatic carbocycles. The molecule has 0 saturated carbocycles. The third-order valence-electron chi connectivity index (χ3n) is 6.00. The smallest absolute Gasteiger partial charge is 0.350 e. The summed E-state index contributed by atoms with van der Waals surface area (Å²) in [5.41, 5.74) is -4.20. The molecule has 2 heterocycles. The maximum atomic E-state index is 13.0. The molecule has 5 atom stereocenters. The van der Waals surface area contributed by atoms with E-state index in [2.05, 4.69) is 0 Å². The summed E-state index contributed by atoms with van der Waals surface area (Å²) in [4.78, 5) is 52.4. The van der Waals surface area contributed by atoms with Gasteiger partial charge in [-0.3, -0.25) is 9.59 Å². The van der Waals surface area contributed by atoms with Gasteiger partial charge in [0.15, 0.2) is 11.7 Å². The number of esters is 3. The number of aliphatic hydroxyl groups excluding tert-OH is 1. The predicted molar refractivity (Wildman–Crippen MR) is 107 cm³/mol. The molecule has 31 heavy (non-hydrogen) atoms. The van der Waals surface area contributed by atoms with E-state index in [1.807, 2.05) is 11.9 Å². The number of ether oxygens (including phenoxy) is 3. The number of rotatable bonds is 2. The number of Topliss-reactive ketones (excluding diaryl/α,β-unsaturated/α-hetero) is 1. The van der Waals surface area contributed by atoms with Crippen LogP contribution in [0.5, 0.6) is 0 Å². The summed E-state index contributed by atoms with van der Waals surface area (Å²) in [5.74, 6) is -4.39. The van der Waals surface area contributed by atoms with Crippen LogP contribution in [0.3, 0.4) is 0 Å². The minimum Gasteiger partial charge on any atom is -0.458 e. The number of carbonyl (C=O) groups is 4. The minimum absolute atomic E-state index is 0.122. The molecule has 2 aliphatic rings. The summed E-state index contributed by atoms with van der Waals surface area (Å²) < 4.78 is 16.0. The first-order valence-electron chi connectivity index (χ1n) is 10.2. The molecule has 10 nitrogen and oxygen atoms in total. The SMILES string of the molecule is CC(=O)O[C@@]1(C)C(=O)OCC2=CCN(C)CC[C@@H](OC(=O)[C@@](O)([C@@H](C)O)C[C@H]1C)C2=O. The largest absolute Gasteiger partial charge is 0.458 e. The van der Waals surface area contributed by atoms with Crippen molar-refractivity contribution in [3.05, 3.63) is 11.6 Å². The summed E-state index contributed by atoms with van der Waals surface area (Å²) in [5, 5.41) is 21.2. The van der Waals surface area contributed by atoms with Crippen molar-refractivity contribution in [2.75, 3.05) is 26.7 Å². The van der Waals surface area contributed by atoms with Crippen LogP contribution in [0, 0.1) is 5.92 Å². The lowest BCUT2D eigenvalue weighted by Crippen LogP contribution is -2.57. The Morgan fingerprint density at radius 3 is 2.55 bits per heavy atom. The quantitative estimate of drug-likeness (QED) is 0.435. The van der Waals surface area contributed by atoms with Crippen LogP contribution in [0.15, 0.2) is 11.6 Å². The molecule has 1 fully saturated rings. The van der Waals surface area contributed by atoms with Gasteiger partial charge in [-0.25, -0.2) is 9.59 Å². The van der Waals surface area contributed by atoms with Gasteiger partial charge in [0.2, 0.25) is 11.4 Å². The van der Waals surface area contributed by atoms with Gasteiger partial charge in [0.1, 0.15) is 6.61 Å². The number of hydrogen-bond acceptors (Lipinski definition) is 10. The van der Waals surface area contributed by atoms with E-state index in [1.165, 1.54) is 20.8 Å². The van der Waals surface area contributed by atoms with E-state index in [9.17, 15) is 29.4 Å². The molecule has 0 aromatic rings. The maximum Gasteiger partial charge on any atom is 0.350 e. The van der Waals surface area contributed by atoms with E-state index >= 15 is 0 Å². The number of likely N-dealkylation sites (N-methyl/N-ethyl adjacent to an activating group) is 1. The molecule has 0 amide bonds. The zero-order valence-electron chi connectivity index (χ0n) is 18.5. The van der Waals surface area contributed by atoms with Crippen LogP contribution in [0.25, 0.3) is 0 Å². The first-order chi connectivity index (χ1) is 14.3. The Morgan fingerprint density at radius 1 is 1.32 bits per heavy atom. The zero-order valence-corrected chi connectivity index (χ0v) is 18.5. The topological polar surface area (TPSA) is 140 Å².